The summed E-state index contributed by atoms with van der Waals surface area (Å²) in [5.41, 5.74) is 7.03. The molecule has 3 heteroatoms. The first kappa shape index (κ1) is 10.7. The molecule has 1 aliphatic carbocycles. The summed E-state index contributed by atoms with van der Waals surface area (Å²) in [7, 11) is 0. The zero-order valence-corrected chi connectivity index (χ0v) is 9.52. The largest absolute Gasteiger partial charge is 0.331 e. The summed E-state index contributed by atoms with van der Waals surface area (Å²) in [6.07, 6.45) is 10.7. The van der Waals surface area contributed by atoms with Crippen LogP contribution in [0.1, 0.15) is 56.7 Å². The van der Waals surface area contributed by atoms with Gasteiger partial charge in [-0.2, -0.15) is 0 Å². The zero-order chi connectivity index (χ0) is 10.7. The maximum absolute atomic E-state index is 5.72. The van der Waals surface area contributed by atoms with Gasteiger partial charge in [-0.25, -0.2) is 4.98 Å². The summed E-state index contributed by atoms with van der Waals surface area (Å²) in [6, 6.07) is 0.672. The zero-order valence-electron chi connectivity index (χ0n) is 9.52. The van der Waals surface area contributed by atoms with Crippen molar-refractivity contribution in [3.05, 3.63) is 18.2 Å². The molecule has 0 aromatic carbocycles. The van der Waals surface area contributed by atoms with E-state index in [2.05, 4.69) is 16.5 Å². The Morgan fingerprint density at radius 3 is 2.87 bits per heavy atom. The van der Waals surface area contributed by atoms with Crippen LogP contribution in [0.15, 0.2) is 12.5 Å². The van der Waals surface area contributed by atoms with E-state index in [0.29, 0.717) is 18.5 Å². The van der Waals surface area contributed by atoms with E-state index in [0.717, 1.165) is 0 Å². The summed E-state index contributed by atoms with van der Waals surface area (Å²) in [4.78, 5) is 4.27. The molecule has 2 N–H and O–H groups in total. The number of aromatic nitrogens is 2. The Bertz CT molecular complexity index is 300. The topological polar surface area (TPSA) is 43.8 Å². The van der Waals surface area contributed by atoms with Crippen molar-refractivity contribution in [3.63, 3.8) is 0 Å². The molecule has 3 nitrogen and oxygen atoms in total. The van der Waals surface area contributed by atoms with Gasteiger partial charge in [0.2, 0.25) is 0 Å². The second-order valence-electron chi connectivity index (χ2n) is 4.65. The predicted octanol–water partition coefficient (Wildman–Crippen LogP) is 2.45. The molecule has 1 heterocycles. The van der Waals surface area contributed by atoms with Crippen LogP contribution in [0.2, 0.25) is 0 Å². The fraction of sp³-hybridized carbons (Fsp3) is 0.750. The molecule has 0 spiro atoms. The lowest BCUT2D eigenvalue weighted by atomic mass is 9.94. The molecule has 0 bridgehead atoms. The van der Waals surface area contributed by atoms with Crippen LogP contribution in [-0.4, -0.2) is 16.1 Å². The first-order chi connectivity index (χ1) is 7.33. The van der Waals surface area contributed by atoms with E-state index < -0.39 is 0 Å². The summed E-state index contributed by atoms with van der Waals surface area (Å²) in [6.45, 7) is 2.88. The Hall–Kier alpha value is -0.830. The summed E-state index contributed by atoms with van der Waals surface area (Å²) >= 11 is 0. The third kappa shape index (κ3) is 2.23. The smallest absolute Gasteiger partial charge is 0.0950 e. The van der Waals surface area contributed by atoms with Gasteiger partial charge in [-0.1, -0.05) is 26.2 Å². The average molecular weight is 207 g/mol. The average Bonchev–Trinajstić information content (AvgIpc) is 2.78. The van der Waals surface area contributed by atoms with E-state index in [9.17, 15) is 0 Å². The van der Waals surface area contributed by atoms with Gasteiger partial charge in [0.25, 0.3) is 0 Å². The summed E-state index contributed by atoms with van der Waals surface area (Å²) < 4.78 is 2.36. The van der Waals surface area contributed by atoms with Crippen molar-refractivity contribution < 1.29 is 0 Å². The highest BCUT2D eigenvalue weighted by molar-refractivity contribution is 5.07. The van der Waals surface area contributed by atoms with Gasteiger partial charge in [0.1, 0.15) is 0 Å². The molecule has 1 aromatic rings. The third-order valence-electron chi connectivity index (χ3n) is 3.52. The van der Waals surface area contributed by atoms with Crippen molar-refractivity contribution in [2.24, 2.45) is 5.73 Å². The van der Waals surface area contributed by atoms with E-state index in [4.69, 9.17) is 5.73 Å². The molecule has 84 valence electrons. The van der Waals surface area contributed by atoms with Crippen molar-refractivity contribution >= 4 is 0 Å². The lowest BCUT2D eigenvalue weighted by molar-refractivity contribution is 0.343. The highest BCUT2D eigenvalue weighted by atomic mass is 15.1. The Morgan fingerprint density at radius 1 is 1.47 bits per heavy atom. The van der Waals surface area contributed by atoms with Gasteiger partial charge in [0.15, 0.2) is 0 Å². The van der Waals surface area contributed by atoms with Crippen molar-refractivity contribution in [2.45, 2.75) is 51.0 Å². The lowest BCUT2D eigenvalue weighted by Crippen LogP contribution is -2.18. The molecule has 1 saturated carbocycles. The molecule has 0 aliphatic heterocycles. The van der Waals surface area contributed by atoms with Gasteiger partial charge in [-0.3, -0.25) is 0 Å². The molecule has 0 radical (unpaired) electrons. The lowest BCUT2D eigenvalue weighted by Gasteiger charge is -2.26. The number of hydrogen-bond acceptors (Lipinski definition) is 2. The number of hydrogen-bond donors (Lipinski definition) is 1. The molecule has 0 amide bonds. The van der Waals surface area contributed by atoms with Crippen LogP contribution in [0, 0.1) is 0 Å². The van der Waals surface area contributed by atoms with Crippen molar-refractivity contribution in [2.75, 3.05) is 6.54 Å². The highest BCUT2D eigenvalue weighted by Crippen LogP contribution is 2.30. The van der Waals surface area contributed by atoms with Gasteiger partial charge in [0.05, 0.1) is 6.33 Å². The van der Waals surface area contributed by atoms with Crippen molar-refractivity contribution in [1.29, 1.82) is 0 Å². The van der Waals surface area contributed by atoms with E-state index in [1.165, 1.54) is 37.8 Å². The van der Waals surface area contributed by atoms with E-state index >= 15 is 0 Å². The second-order valence-corrected chi connectivity index (χ2v) is 4.65. The predicted molar refractivity (Wildman–Crippen MR) is 61.8 cm³/mol. The van der Waals surface area contributed by atoms with Crippen LogP contribution >= 0.6 is 0 Å². The van der Waals surface area contributed by atoms with Crippen LogP contribution in [-0.2, 0) is 0 Å². The van der Waals surface area contributed by atoms with Crippen LogP contribution in [0.3, 0.4) is 0 Å². The second kappa shape index (κ2) is 4.79. The first-order valence-corrected chi connectivity index (χ1v) is 6.04. The summed E-state index contributed by atoms with van der Waals surface area (Å²) in [5.74, 6) is 0.425. The Balaban J connectivity index is 2.15. The van der Waals surface area contributed by atoms with Crippen LogP contribution in [0.5, 0.6) is 0 Å². The van der Waals surface area contributed by atoms with Crippen molar-refractivity contribution in [1.82, 2.24) is 9.55 Å². The van der Waals surface area contributed by atoms with Gasteiger partial charge in [0, 0.05) is 30.4 Å². The van der Waals surface area contributed by atoms with Gasteiger partial charge in [-0.05, 0) is 12.8 Å². The van der Waals surface area contributed by atoms with Crippen LogP contribution < -0.4 is 5.73 Å². The molecule has 1 aliphatic rings. The quantitative estimate of drug-likeness (QED) is 0.827. The monoisotopic (exact) mass is 207 g/mol. The van der Waals surface area contributed by atoms with E-state index in [1.54, 1.807) is 0 Å². The minimum absolute atomic E-state index is 0.425. The first-order valence-electron chi connectivity index (χ1n) is 6.04. The molecule has 2 rings (SSSR count). The summed E-state index contributed by atoms with van der Waals surface area (Å²) in [5, 5.41) is 0. The minimum Gasteiger partial charge on any atom is -0.331 e. The van der Waals surface area contributed by atoms with Gasteiger partial charge in [-0.15, -0.1) is 0 Å². The highest BCUT2D eigenvalue weighted by Gasteiger charge is 2.19. The van der Waals surface area contributed by atoms with Crippen molar-refractivity contribution in [3.8, 4) is 0 Å². The number of nitrogens with zero attached hydrogens (tertiary/aromatic N) is 2. The van der Waals surface area contributed by atoms with E-state index in [-0.39, 0.29) is 0 Å². The number of nitrogens with two attached hydrogens (primary N) is 1. The molecular formula is C12H21N3. The van der Waals surface area contributed by atoms with E-state index in [1.807, 2.05) is 12.5 Å². The van der Waals surface area contributed by atoms with Crippen LogP contribution in [0.4, 0.5) is 0 Å². The molecule has 0 saturated heterocycles. The molecular weight excluding hydrogens is 186 g/mol. The number of rotatable bonds is 3. The fourth-order valence-corrected chi connectivity index (χ4v) is 2.48. The fourth-order valence-electron chi connectivity index (χ4n) is 2.48. The number of imidazole rings is 1. The maximum atomic E-state index is 5.72. The normalized spacial score (nSPS) is 20.4. The Kier molecular flexibility index (Phi) is 3.41. The Morgan fingerprint density at radius 2 is 2.20 bits per heavy atom. The molecule has 1 unspecified atom stereocenters. The van der Waals surface area contributed by atoms with Gasteiger partial charge < -0.3 is 10.3 Å². The molecule has 1 aromatic heterocycles. The maximum Gasteiger partial charge on any atom is 0.0950 e. The van der Waals surface area contributed by atoms with Gasteiger partial charge >= 0.3 is 0 Å². The van der Waals surface area contributed by atoms with Crippen LogP contribution in [0.25, 0.3) is 0 Å². The Labute approximate surface area is 91.7 Å². The molecule has 1 fully saturated rings. The SMILES string of the molecule is CC(CN)c1cncn1C1CCCCC1. The molecule has 1 atom stereocenters. The standard InChI is InChI=1S/C12H21N3/c1-10(7-13)12-8-14-9-15(12)11-5-3-2-4-6-11/h8-11H,2-7,13H2,1H3. The minimum atomic E-state index is 0.425. The molecule has 15 heavy (non-hydrogen) atoms. The third-order valence-corrected chi connectivity index (χ3v) is 3.52.